The Labute approximate surface area is 184 Å². The van der Waals surface area contributed by atoms with Crippen molar-refractivity contribution in [2.24, 2.45) is 0 Å². The summed E-state index contributed by atoms with van der Waals surface area (Å²) in [6.07, 6.45) is 8.08. The summed E-state index contributed by atoms with van der Waals surface area (Å²) in [4.78, 5) is 26.4. The van der Waals surface area contributed by atoms with E-state index < -0.39 is 0 Å². The smallest absolute Gasteiger partial charge is 0.341 e. The van der Waals surface area contributed by atoms with E-state index in [4.69, 9.17) is 4.74 Å². The molecule has 0 spiro atoms. The van der Waals surface area contributed by atoms with Gasteiger partial charge in [-0.2, -0.15) is 0 Å². The molecule has 2 heterocycles. The maximum atomic E-state index is 12.7. The zero-order chi connectivity index (χ0) is 21.1. The van der Waals surface area contributed by atoms with Gasteiger partial charge in [-0.15, -0.1) is 28.1 Å². The Kier molecular flexibility index (Phi) is 6.58. The number of aryl methyl sites for hydroxylation is 1. The van der Waals surface area contributed by atoms with Gasteiger partial charge in [0.25, 0.3) is 0 Å². The highest BCUT2D eigenvalue weighted by Crippen LogP contribution is 2.40. The molecule has 1 fully saturated rings. The minimum absolute atomic E-state index is 0.162. The highest BCUT2D eigenvalue weighted by molar-refractivity contribution is 7.99. The van der Waals surface area contributed by atoms with E-state index in [1.165, 1.54) is 28.0 Å². The molecular weight excluding hydrogens is 420 g/mol. The molecule has 4 rings (SSSR count). The molecule has 30 heavy (non-hydrogen) atoms. The number of thiophene rings is 1. The lowest BCUT2D eigenvalue weighted by Crippen LogP contribution is -2.17. The molecule has 2 aliphatic carbocycles. The summed E-state index contributed by atoms with van der Waals surface area (Å²) >= 11 is 2.86. The minimum atomic E-state index is -0.348. The van der Waals surface area contributed by atoms with E-state index in [0.29, 0.717) is 29.6 Å². The Bertz CT molecular complexity index is 962. The van der Waals surface area contributed by atoms with Crippen LogP contribution in [0.3, 0.4) is 0 Å². The average molecular weight is 447 g/mol. The molecule has 7 nitrogen and oxygen atoms in total. The SMILES string of the molecule is C=CCn1c(SCC(=O)Nc2sc3c(c2C(=O)OCC)CCCC3)nnc1C1CC1. The van der Waals surface area contributed by atoms with E-state index in [-0.39, 0.29) is 17.6 Å². The monoisotopic (exact) mass is 446 g/mol. The predicted octanol–water partition coefficient (Wildman–Crippen LogP) is 4.19. The van der Waals surface area contributed by atoms with Crippen LogP contribution in [0.5, 0.6) is 0 Å². The first kappa shape index (κ1) is 21.1. The maximum absolute atomic E-state index is 12.7. The molecule has 1 saturated carbocycles. The summed E-state index contributed by atoms with van der Waals surface area (Å²) in [6.45, 7) is 6.55. The van der Waals surface area contributed by atoms with Crippen LogP contribution in [-0.2, 0) is 28.9 Å². The van der Waals surface area contributed by atoms with Gasteiger partial charge >= 0.3 is 5.97 Å². The van der Waals surface area contributed by atoms with E-state index in [1.54, 1.807) is 6.92 Å². The fraction of sp³-hybridized carbons (Fsp3) is 0.524. The second-order valence-corrected chi connectivity index (χ2v) is 9.53. The van der Waals surface area contributed by atoms with Crippen LogP contribution >= 0.6 is 23.1 Å². The molecular formula is C21H26N4O3S2. The molecule has 0 radical (unpaired) electrons. The van der Waals surface area contributed by atoms with Crippen LogP contribution < -0.4 is 5.32 Å². The molecule has 2 aromatic rings. The van der Waals surface area contributed by atoms with Crippen LogP contribution in [0.15, 0.2) is 17.8 Å². The molecule has 2 aliphatic rings. The number of nitrogens with zero attached hydrogens (tertiary/aromatic N) is 3. The predicted molar refractivity (Wildman–Crippen MR) is 118 cm³/mol. The van der Waals surface area contributed by atoms with Crippen molar-refractivity contribution < 1.29 is 14.3 Å². The van der Waals surface area contributed by atoms with Crippen molar-refractivity contribution in [3.05, 3.63) is 34.5 Å². The topological polar surface area (TPSA) is 86.1 Å². The van der Waals surface area contributed by atoms with E-state index in [9.17, 15) is 9.59 Å². The summed E-state index contributed by atoms with van der Waals surface area (Å²) in [5.74, 6) is 1.15. The largest absolute Gasteiger partial charge is 0.462 e. The number of ether oxygens (including phenoxy) is 1. The standard InChI is InChI=1S/C21H26N4O3S2/c1-3-11-25-18(13-9-10-13)23-24-21(25)29-12-16(26)22-19-17(20(27)28-4-2)14-7-5-6-8-15(14)30-19/h3,13H,1,4-12H2,2H3,(H,22,26). The number of carbonyl (C=O) groups is 2. The number of fused-ring (bicyclic) bond motifs is 1. The lowest BCUT2D eigenvalue weighted by atomic mass is 9.95. The van der Waals surface area contributed by atoms with Gasteiger partial charge in [0, 0.05) is 17.3 Å². The summed E-state index contributed by atoms with van der Waals surface area (Å²) in [6, 6.07) is 0. The summed E-state index contributed by atoms with van der Waals surface area (Å²) in [5.41, 5.74) is 1.59. The first-order chi connectivity index (χ1) is 14.6. The Morgan fingerprint density at radius 3 is 2.87 bits per heavy atom. The normalized spacial score (nSPS) is 15.5. The third-order valence-corrected chi connectivity index (χ3v) is 7.41. The van der Waals surface area contributed by atoms with Gasteiger partial charge in [-0.3, -0.25) is 4.79 Å². The quantitative estimate of drug-likeness (QED) is 0.353. The van der Waals surface area contributed by atoms with Crippen molar-refractivity contribution in [1.29, 1.82) is 0 Å². The molecule has 0 saturated heterocycles. The van der Waals surface area contributed by atoms with Crippen molar-refractivity contribution in [3.63, 3.8) is 0 Å². The molecule has 0 bridgehead atoms. The van der Waals surface area contributed by atoms with Gasteiger partial charge in [0.05, 0.1) is 17.9 Å². The number of amides is 1. The third-order valence-electron chi connectivity index (χ3n) is 5.24. The highest BCUT2D eigenvalue weighted by atomic mass is 32.2. The number of carbonyl (C=O) groups excluding carboxylic acids is 2. The number of hydrogen-bond donors (Lipinski definition) is 1. The van der Waals surface area contributed by atoms with Gasteiger partial charge in [-0.25, -0.2) is 4.79 Å². The second-order valence-electron chi connectivity index (χ2n) is 7.49. The molecule has 2 aromatic heterocycles. The van der Waals surface area contributed by atoms with Crippen molar-refractivity contribution in [2.45, 2.75) is 63.1 Å². The van der Waals surface area contributed by atoms with Crippen molar-refractivity contribution in [2.75, 3.05) is 17.7 Å². The molecule has 0 atom stereocenters. The minimum Gasteiger partial charge on any atom is -0.462 e. The molecule has 9 heteroatoms. The van der Waals surface area contributed by atoms with Gasteiger partial charge in [-0.1, -0.05) is 17.8 Å². The Morgan fingerprint density at radius 1 is 1.33 bits per heavy atom. The van der Waals surface area contributed by atoms with E-state index >= 15 is 0 Å². The van der Waals surface area contributed by atoms with Crippen LogP contribution in [0.4, 0.5) is 5.00 Å². The van der Waals surface area contributed by atoms with Gasteiger partial charge < -0.3 is 14.6 Å². The number of nitrogens with one attached hydrogen (secondary N) is 1. The Balaban J connectivity index is 1.46. The molecule has 0 unspecified atom stereocenters. The van der Waals surface area contributed by atoms with Crippen LogP contribution in [0, 0.1) is 0 Å². The molecule has 0 aliphatic heterocycles. The molecule has 1 amide bonds. The number of thioether (sulfide) groups is 1. The van der Waals surface area contributed by atoms with Crippen molar-refractivity contribution in [3.8, 4) is 0 Å². The zero-order valence-electron chi connectivity index (χ0n) is 17.1. The molecule has 1 N–H and O–H groups in total. The number of anilines is 1. The molecule has 160 valence electrons. The molecule has 0 aromatic carbocycles. The van der Waals surface area contributed by atoms with E-state index in [2.05, 4.69) is 22.1 Å². The number of rotatable bonds is 9. The van der Waals surface area contributed by atoms with Crippen LogP contribution in [-0.4, -0.2) is 39.0 Å². The number of aromatic nitrogens is 3. The summed E-state index contributed by atoms with van der Waals surface area (Å²) in [7, 11) is 0. The van der Waals surface area contributed by atoms with Gasteiger partial charge in [0.2, 0.25) is 5.91 Å². The van der Waals surface area contributed by atoms with E-state index in [1.807, 2.05) is 10.6 Å². The number of hydrogen-bond acceptors (Lipinski definition) is 7. The first-order valence-electron chi connectivity index (χ1n) is 10.4. The average Bonchev–Trinajstić information content (AvgIpc) is 3.39. The summed E-state index contributed by atoms with van der Waals surface area (Å²) < 4.78 is 7.30. The van der Waals surface area contributed by atoms with Gasteiger partial charge in [-0.05, 0) is 51.0 Å². The van der Waals surface area contributed by atoms with Crippen molar-refractivity contribution >= 4 is 40.0 Å². The Hall–Kier alpha value is -2.13. The lowest BCUT2D eigenvalue weighted by Gasteiger charge is -2.12. The highest BCUT2D eigenvalue weighted by Gasteiger charge is 2.30. The van der Waals surface area contributed by atoms with E-state index in [0.717, 1.165) is 55.1 Å². The number of esters is 1. The lowest BCUT2D eigenvalue weighted by molar-refractivity contribution is -0.113. The maximum Gasteiger partial charge on any atom is 0.341 e. The third kappa shape index (κ3) is 4.46. The van der Waals surface area contributed by atoms with Crippen LogP contribution in [0.2, 0.25) is 0 Å². The van der Waals surface area contributed by atoms with Gasteiger partial charge in [0.15, 0.2) is 5.16 Å². The Morgan fingerprint density at radius 2 is 2.13 bits per heavy atom. The number of allylic oxidation sites excluding steroid dienone is 1. The first-order valence-corrected chi connectivity index (χ1v) is 12.2. The fourth-order valence-electron chi connectivity index (χ4n) is 3.72. The zero-order valence-corrected chi connectivity index (χ0v) is 18.7. The van der Waals surface area contributed by atoms with Crippen molar-refractivity contribution in [1.82, 2.24) is 14.8 Å². The fourth-order valence-corrected chi connectivity index (χ4v) is 5.77. The van der Waals surface area contributed by atoms with Crippen LogP contribution in [0.25, 0.3) is 0 Å². The van der Waals surface area contributed by atoms with Gasteiger partial charge in [0.1, 0.15) is 10.8 Å². The second kappa shape index (κ2) is 9.34. The van der Waals surface area contributed by atoms with Crippen LogP contribution in [0.1, 0.15) is 65.1 Å². The summed E-state index contributed by atoms with van der Waals surface area (Å²) in [5, 5.41) is 12.9.